The van der Waals surface area contributed by atoms with Crippen molar-refractivity contribution >= 4 is 16.7 Å². The summed E-state index contributed by atoms with van der Waals surface area (Å²) < 4.78 is 0. The zero-order valence-electron chi connectivity index (χ0n) is 14.6. The average Bonchev–Trinajstić information content (AvgIpc) is 3.02. The molecule has 1 aliphatic heterocycles. The third-order valence-corrected chi connectivity index (χ3v) is 4.97. The number of aliphatic hydroxyl groups is 1. The fourth-order valence-corrected chi connectivity index (χ4v) is 3.59. The highest BCUT2D eigenvalue weighted by molar-refractivity contribution is 5.78. The van der Waals surface area contributed by atoms with Crippen molar-refractivity contribution < 1.29 is 5.11 Å². The van der Waals surface area contributed by atoms with E-state index in [0.717, 1.165) is 22.3 Å². The minimum atomic E-state index is -0.461. The van der Waals surface area contributed by atoms with E-state index in [0.29, 0.717) is 30.9 Å². The molecule has 3 heterocycles. The largest absolute Gasteiger partial charge is 0.391 e. The molecular formula is C21H20N4O. The second-order valence-electron chi connectivity index (χ2n) is 6.87. The average molecular weight is 344 g/mol. The SMILES string of the molecule is Cc1ccc(C#N)c(N2C[C@@H](Cc3ccc4ccccc4n3)[C@H](O)C2)n1. The van der Waals surface area contributed by atoms with Gasteiger partial charge in [-0.15, -0.1) is 0 Å². The van der Waals surface area contributed by atoms with E-state index in [-0.39, 0.29) is 5.92 Å². The van der Waals surface area contributed by atoms with Crippen molar-refractivity contribution in [3.8, 4) is 6.07 Å². The number of nitriles is 1. The molecule has 3 aromatic rings. The summed E-state index contributed by atoms with van der Waals surface area (Å²) in [5.74, 6) is 0.734. The maximum absolute atomic E-state index is 10.5. The van der Waals surface area contributed by atoms with Crippen molar-refractivity contribution in [2.45, 2.75) is 19.4 Å². The minimum Gasteiger partial charge on any atom is -0.391 e. The lowest BCUT2D eigenvalue weighted by molar-refractivity contribution is 0.148. The molecule has 4 rings (SSSR count). The normalized spacial score (nSPS) is 19.7. The highest BCUT2D eigenvalue weighted by Gasteiger charge is 2.33. The van der Waals surface area contributed by atoms with Crippen LogP contribution in [-0.2, 0) is 6.42 Å². The number of hydrogen-bond donors (Lipinski definition) is 1. The molecule has 1 aromatic carbocycles. The van der Waals surface area contributed by atoms with Crippen LogP contribution in [0.5, 0.6) is 0 Å². The lowest BCUT2D eigenvalue weighted by atomic mass is 9.99. The van der Waals surface area contributed by atoms with E-state index in [1.54, 1.807) is 6.07 Å². The van der Waals surface area contributed by atoms with E-state index in [2.05, 4.69) is 17.1 Å². The van der Waals surface area contributed by atoms with Gasteiger partial charge in [0.25, 0.3) is 0 Å². The van der Waals surface area contributed by atoms with Crippen LogP contribution in [0.15, 0.2) is 48.5 Å². The molecular weight excluding hydrogens is 324 g/mol. The van der Waals surface area contributed by atoms with Crippen LogP contribution in [0.4, 0.5) is 5.82 Å². The predicted molar refractivity (Wildman–Crippen MR) is 101 cm³/mol. The summed E-state index contributed by atoms with van der Waals surface area (Å²) in [5.41, 5.74) is 3.37. The quantitative estimate of drug-likeness (QED) is 0.791. The first-order chi connectivity index (χ1) is 12.6. The topological polar surface area (TPSA) is 73.0 Å². The van der Waals surface area contributed by atoms with Gasteiger partial charge in [0.2, 0.25) is 0 Å². The Bertz CT molecular complexity index is 995. The minimum absolute atomic E-state index is 0.0671. The number of fused-ring (bicyclic) bond motifs is 1. The fourth-order valence-electron chi connectivity index (χ4n) is 3.59. The molecule has 0 bridgehead atoms. The van der Waals surface area contributed by atoms with Crippen LogP contribution in [0.3, 0.4) is 0 Å². The van der Waals surface area contributed by atoms with Crippen molar-refractivity contribution in [3.05, 3.63) is 65.5 Å². The molecule has 0 saturated carbocycles. The summed E-state index contributed by atoms with van der Waals surface area (Å²) in [4.78, 5) is 11.3. The third kappa shape index (κ3) is 3.12. The summed E-state index contributed by atoms with van der Waals surface area (Å²) in [6, 6.07) is 18.0. The van der Waals surface area contributed by atoms with Gasteiger partial charge >= 0.3 is 0 Å². The molecule has 26 heavy (non-hydrogen) atoms. The number of aliphatic hydroxyl groups excluding tert-OH is 1. The number of aryl methyl sites for hydroxylation is 1. The summed E-state index contributed by atoms with van der Waals surface area (Å²) in [7, 11) is 0. The molecule has 2 atom stereocenters. The maximum Gasteiger partial charge on any atom is 0.146 e. The van der Waals surface area contributed by atoms with E-state index in [9.17, 15) is 10.4 Å². The van der Waals surface area contributed by atoms with E-state index in [1.165, 1.54) is 0 Å². The Morgan fingerprint density at radius 2 is 1.96 bits per heavy atom. The Labute approximate surface area is 152 Å². The summed E-state index contributed by atoms with van der Waals surface area (Å²) in [5, 5.41) is 21.0. The van der Waals surface area contributed by atoms with Crippen molar-refractivity contribution in [1.29, 1.82) is 5.26 Å². The molecule has 130 valence electrons. The van der Waals surface area contributed by atoms with E-state index in [1.807, 2.05) is 48.2 Å². The van der Waals surface area contributed by atoms with Gasteiger partial charge in [0.15, 0.2) is 0 Å². The lowest BCUT2D eigenvalue weighted by Gasteiger charge is -2.18. The number of anilines is 1. The van der Waals surface area contributed by atoms with Crippen LogP contribution in [-0.4, -0.2) is 34.3 Å². The van der Waals surface area contributed by atoms with Crippen LogP contribution in [0.25, 0.3) is 10.9 Å². The molecule has 0 radical (unpaired) electrons. The molecule has 0 aliphatic carbocycles. The van der Waals surface area contributed by atoms with Gasteiger partial charge in [-0.2, -0.15) is 5.26 Å². The monoisotopic (exact) mass is 344 g/mol. The zero-order chi connectivity index (χ0) is 18.1. The summed E-state index contributed by atoms with van der Waals surface area (Å²) in [6.07, 6.45) is 0.244. The fraction of sp³-hybridized carbons (Fsp3) is 0.286. The van der Waals surface area contributed by atoms with Gasteiger partial charge in [0.1, 0.15) is 11.9 Å². The Hall–Kier alpha value is -2.97. The number of para-hydroxylation sites is 1. The molecule has 1 fully saturated rings. The zero-order valence-corrected chi connectivity index (χ0v) is 14.6. The number of rotatable bonds is 3. The molecule has 1 N–H and O–H groups in total. The Morgan fingerprint density at radius 1 is 1.12 bits per heavy atom. The molecule has 5 heteroatoms. The molecule has 0 spiro atoms. The highest BCUT2D eigenvalue weighted by Crippen LogP contribution is 2.28. The highest BCUT2D eigenvalue weighted by atomic mass is 16.3. The van der Waals surface area contributed by atoms with Gasteiger partial charge in [0.05, 0.1) is 17.2 Å². The molecule has 2 aromatic heterocycles. The standard InChI is InChI=1S/C21H20N4O/c1-14-6-7-16(11-22)21(23-14)25-12-17(20(26)13-25)10-18-9-8-15-4-2-3-5-19(15)24-18/h2-9,17,20,26H,10,12-13H2,1H3/t17-,20-/m1/s1. The van der Waals surface area contributed by atoms with Crippen molar-refractivity contribution in [2.24, 2.45) is 5.92 Å². The third-order valence-electron chi connectivity index (χ3n) is 4.97. The number of β-amino-alcohol motifs (C(OH)–C–C–N with tert-alkyl or cyclic N) is 1. The molecule has 1 aliphatic rings. The predicted octanol–water partition coefficient (Wildman–Crippen LogP) is 2.85. The van der Waals surface area contributed by atoms with E-state index >= 15 is 0 Å². The van der Waals surface area contributed by atoms with Gasteiger partial charge in [-0.25, -0.2) is 4.98 Å². The summed E-state index contributed by atoms with van der Waals surface area (Å²) >= 11 is 0. The number of hydrogen-bond acceptors (Lipinski definition) is 5. The Balaban J connectivity index is 1.55. The summed E-state index contributed by atoms with van der Waals surface area (Å²) in [6.45, 7) is 3.07. The number of nitrogens with zero attached hydrogens (tertiary/aromatic N) is 4. The first-order valence-corrected chi connectivity index (χ1v) is 8.79. The molecule has 1 saturated heterocycles. The number of aromatic nitrogens is 2. The lowest BCUT2D eigenvalue weighted by Crippen LogP contribution is -2.23. The van der Waals surface area contributed by atoms with Crippen molar-refractivity contribution in [2.75, 3.05) is 18.0 Å². The van der Waals surface area contributed by atoms with Crippen LogP contribution in [0.2, 0.25) is 0 Å². The van der Waals surface area contributed by atoms with Crippen molar-refractivity contribution in [1.82, 2.24) is 9.97 Å². The second-order valence-corrected chi connectivity index (χ2v) is 6.87. The van der Waals surface area contributed by atoms with Gasteiger partial charge in [0, 0.05) is 35.8 Å². The smallest absolute Gasteiger partial charge is 0.146 e. The van der Waals surface area contributed by atoms with Gasteiger partial charge in [-0.1, -0.05) is 24.3 Å². The van der Waals surface area contributed by atoms with E-state index < -0.39 is 6.10 Å². The Morgan fingerprint density at radius 3 is 2.81 bits per heavy atom. The van der Waals surface area contributed by atoms with Crippen LogP contribution in [0, 0.1) is 24.2 Å². The van der Waals surface area contributed by atoms with Crippen LogP contribution < -0.4 is 4.90 Å². The molecule has 0 unspecified atom stereocenters. The van der Waals surface area contributed by atoms with Gasteiger partial charge in [-0.3, -0.25) is 4.98 Å². The molecule has 5 nitrogen and oxygen atoms in total. The molecule has 0 amide bonds. The number of benzene rings is 1. The van der Waals surface area contributed by atoms with Gasteiger partial charge in [-0.05, 0) is 37.6 Å². The van der Waals surface area contributed by atoms with Crippen LogP contribution in [0.1, 0.15) is 17.0 Å². The maximum atomic E-state index is 10.5. The van der Waals surface area contributed by atoms with Gasteiger partial charge < -0.3 is 10.0 Å². The van der Waals surface area contributed by atoms with E-state index in [4.69, 9.17) is 4.98 Å². The second kappa shape index (κ2) is 6.74. The Kier molecular flexibility index (Phi) is 4.27. The number of pyridine rings is 2. The van der Waals surface area contributed by atoms with Crippen LogP contribution >= 0.6 is 0 Å². The van der Waals surface area contributed by atoms with Crippen molar-refractivity contribution in [3.63, 3.8) is 0 Å². The first-order valence-electron chi connectivity index (χ1n) is 8.79. The first kappa shape index (κ1) is 16.5.